The minimum atomic E-state index is -0.888. The van der Waals surface area contributed by atoms with Crippen LogP contribution in [0.1, 0.15) is 12.5 Å². The van der Waals surface area contributed by atoms with Crippen LogP contribution in [0.5, 0.6) is 5.75 Å². The lowest BCUT2D eigenvalue weighted by atomic mass is 10.1. The molecule has 3 rings (SSSR count). The number of rotatable bonds is 4. The molecule has 2 aromatic carbocycles. The van der Waals surface area contributed by atoms with Crippen LogP contribution in [0.25, 0.3) is 6.08 Å². The van der Waals surface area contributed by atoms with E-state index in [4.69, 9.17) is 4.74 Å². The number of barbiturate groups is 1. The average Bonchev–Trinajstić information content (AvgIpc) is 2.63. The maximum absolute atomic E-state index is 13.2. The van der Waals surface area contributed by atoms with Gasteiger partial charge in [0.05, 0.1) is 20.3 Å². The summed E-state index contributed by atoms with van der Waals surface area (Å²) in [5.41, 5.74) is 0.521. The maximum atomic E-state index is 13.2. The van der Waals surface area contributed by atoms with Gasteiger partial charge in [0.15, 0.2) is 0 Å². The van der Waals surface area contributed by atoms with Crippen LogP contribution in [0.2, 0.25) is 0 Å². The molecule has 1 fully saturated rings. The zero-order chi connectivity index (χ0) is 20.4. The molecule has 0 aliphatic carbocycles. The second-order valence-corrected chi connectivity index (χ2v) is 7.70. The highest BCUT2D eigenvalue weighted by Crippen LogP contribution is 2.33. The van der Waals surface area contributed by atoms with E-state index in [-0.39, 0.29) is 11.3 Å². The monoisotopic (exact) mass is 558 g/mol. The van der Waals surface area contributed by atoms with Gasteiger partial charge in [-0.25, -0.2) is 14.1 Å². The van der Waals surface area contributed by atoms with Gasteiger partial charge in [0.1, 0.15) is 17.1 Å². The summed E-state index contributed by atoms with van der Waals surface area (Å²) < 4.78 is 20.2. The molecule has 1 saturated heterocycles. The number of imide groups is 2. The third kappa shape index (κ3) is 4.09. The van der Waals surface area contributed by atoms with E-state index in [1.165, 1.54) is 18.2 Å². The summed E-state index contributed by atoms with van der Waals surface area (Å²) in [6, 6.07) is 7.40. The first-order valence-corrected chi connectivity index (χ1v) is 9.98. The molecule has 1 aliphatic heterocycles. The minimum absolute atomic E-state index is 0.157. The van der Waals surface area contributed by atoms with Gasteiger partial charge in [-0.1, -0.05) is 0 Å². The Labute approximate surface area is 182 Å². The number of nitrogens with one attached hydrogen (secondary N) is 1. The number of hydrogen-bond donors (Lipinski definition) is 1. The fourth-order valence-electron chi connectivity index (χ4n) is 2.59. The summed E-state index contributed by atoms with van der Waals surface area (Å²) in [5.74, 6) is -1.43. The predicted octanol–water partition coefficient (Wildman–Crippen LogP) is 4.26. The Kier molecular flexibility index (Phi) is 6.14. The fraction of sp³-hybridized carbons (Fsp3) is 0.105. The number of carbonyl (C=O) groups is 3. The van der Waals surface area contributed by atoms with Crippen LogP contribution in [0, 0.1) is 9.39 Å². The van der Waals surface area contributed by atoms with E-state index >= 15 is 0 Å². The molecule has 0 radical (unpaired) electrons. The van der Waals surface area contributed by atoms with Gasteiger partial charge >= 0.3 is 6.03 Å². The number of carbonyl (C=O) groups excluding carboxylic acids is 3. The van der Waals surface area contributed by atoms with Crippen molar-refractivity contribution in [2.75, 3.05) is 11.5 Å². The molecule has 9 heteroatoms. The van der Waals surface area contributed by atoms with E-state index < -0.39 is 23.7 Å². The molecule has 2 aromatic rings. The molecule has 0 atom stereocenters. The molecule has 6 nitrogen and oxygen atoms in total. The maximum Gasteiger partial charge on any atom is 0.335 e. The van der Waals surface area contributed by atoms with Crippen molar-refractivity contribution >= 4 is 68.1 Å². The second kappa shape index (κ2) is 8.39. The summed E-state index contributed by atoms with van der Waals surface area (Å²) in [5, 5.41) is 2.13. The van der Waals surface area contributed by atoms with E-state index in [1.54, 1.807) is 12.1 Å². The lowest BCUT2D eigenvalue weighted by molar-refractivity contribution is -0.122. The number of halogens is 3. The molecule has 1 heterocycles. The van der Waals surface area contributed by atoms with Gasteiger partial charge in [-0.2, -0.15) is 0 Å². The second-order valence-electron chi connectivity index (χ2n) is 5.68. The highest BCUT2D eigenvalue weighted by Gasteiger charge is 2.36. The van der Waals surface area contributed by atoms with Crippen LogP contribution in [0.4, 0.5) is 14.9 Å². The van der Waals surface area contributed by atoms with Crippen LogP contribution < -0.4 is 15.0 Å². The Morgan fingerprint density at radius 3 is 2.50 bits per heavy atom. The molecular weight excluding hydrogens is 546 g/mol. The first-order chi connectivity index (χ1) is 13.3. The number of benzene rings is 2. The quantitative estimate of drug-likeness (QED) is 0.346. The number of ether oxygens (including phenoxy) is 1. The fourth-order valence-corrected chi connectivity index (χ4v) is 4.36. The van der Waals surface area contributed by atoms with Gasteiger partial charge in [0.25, 0.3) is 11.8 Å². The van der Waals surface area contributed by atoms with Crippen molar-refractivity contribution in [2.24, 2.45) is 0 Å². The molecule has 28 heavy (non-hydrogen) atoms. The van der Waals surface area contributed by atoms with Crippen molar-refractivity contribution < 1.29 is 23.5 Å². The average molecular weight is 559 g/mol. The lowest BCUT2D eigenvalue weighted by Crippen LogP contribution is -2.54. The van der Waals surface area contributed by atoms with E-state index in [2.05, 4.69) is 43.8 Å². The van der Waals surface area contributed by atoms with E-state index in [1.807, 2.05) is 6.92 Å². The smallest absolute Gasteiger partial charge is 0.335 e. The van der Waals surface area contributed by atoms with Crippen molar-refractivity contribution in [3.05, 3.63) is 61.4 Å². The Bertz CT molecular complexity index is 984. The number of amides is 4. The topological polar surface area (TPSA) is 75.7 Å². The van der Waals surface area contributed by atoms with Gasteiger partial charge in [-0.3, -0.25) is 14.9 Å². The van der Waals surface area contributed by atoms with Crippen LogP contribution in [-0.4, -0.2) is 24.5 Å². The largest absolute Gasteiger partial charge is 0.492 e. The predicted molar refractivity (Wildman–Crippen MR) is 113 cm³/mol. The molecule has 0 spiro atoms. The molecule has 0 bridgehead atoms. The molecule has 0 aromatic heterocycles. The molecule has 0 unspecified atom stereocenters. The zero-order valence-electron chi connectivity index (χ0n) is 14.5. The standard InChI is InChI=1S/C19H13BrFIN2O4/c1-2-28-16-14(20)8-10(9-15(16)22)7-13-17(25)23-19(27)24(18(13)26)12-5-3-11(21)4-6-12/h3-9H,2H2,1H3,(H,23,25,27)/b13-7+. The van der Waals surface area contributed by atoms with Crippen molar-refractivity contribution in [1.29, 1.82) is 0 Å². The molecule has 144 valence electrons. The SMILES string of the molecule is CCOc1c(Br)cc(/C=C2\C(=O)NC(=O)N(c3ccc(F)cc3)C2=O)cc1I. The van der Waals surface area contributed by atoms with Crippen molar-refractivity contribution in [3.8, 4) is 5.75 Å². The van der Waals surface area contributed by atoms with Crippen molar-refractivity contribution in [2.45, 2.75) is 6.92 Å². The van der Waals surface area contributed by atoms with Gasteiger partial charge in [-0.05, 0) is 93.5 Å². The van der Waals surface area contributed by atoms with E-state index in [0.29, 0.717) is 22.4 Å². The van der Waals surface area contributed by atoms with Gasteiger partial charge in [-0.15, -0.1) is 0 Å². The number of nitrogens with zero attached hydrogens (tertiary/aromatic N) is 1. The summed E-state index contributed by atoms with van der Waals surface area (Å²) in [6.07, 6.45) is 1.39. The van der Waals surface area contributed by atoms with Gasteiger partial charge in [0.2, 0.25) is 0 Å². The lowest BCUT2D eigenvalue weighted by Gasteiger charge is -2.26. The van der Waals surface area contributed by atoms with Gasteiger partial charge in [0, 0.05) is 0 Å². The Hall–Kier alpha value is -2.27. The van der Waals surface area contributed by atoms with Crippen LogP contribution in [0.15, 0.2) is 46.4 Å². The molecule has 0 saturated carbocycles. The number of anilines is 1. The number of urea groups is 1. The van der Waals surface area contributed by atoms with E-state index in [9.17, 15) is 18.8 Å². The summed E-state index contributed by atoms with van der Waals surface area (Å²) in [4.78, 5) is 38.0. The normalized spacial score (nSPS) is 15.8. The van der Waals surface area contributed by atoms with Crippen molar-refractivity contribution in [1.82, 2.24) is 5.32 Å². The van der Waals surface area contributed by atoms with Gasteiger partial charge < -0.3 is 4.74 Å². The number of hydrogen-bond acceptors (Lipinski definition) is 4. The third-order valence-electron chi connectivity index (χ3n) is 3.81. The first-order valence-electron chi connectivity index (χ1n) is 8.10. The first kappa shape index (κ1) is 20.5. The summed E-state index contributed by atoms with van der Waals surface area (Å²) in [6.45, 7) is 2.36. The Morgan fingerprint density at radius 2 is 1.89 bits per heavy atom. The highest BCUT2D eigenvalue weighted by molar-refractivity contribution is 14.1. The summed E-state index contributed by atoms with van der Waals surface area (Å²) in [7, 11) is 0. The molecule has 4 amide bonds. The molecule has 1 N–H and O–H groups in total. The Morgan fingerprint density at radius 1 is 1.21 bits per heavy atom. The minimum Gasteiger partial charge on any atom is -0.492 e. The van der Waals surface area contributed by atoms with Crippen LogP contribution in [0.3, 0.4) is 0 Å². The van der Waals surface area contributed by atoms with Crippen LogP contribution >= 0.6 is 38.5 Å². The van der Waals surface area contributed by atoms with E-state index in [0.717, 1.165) is 20.6 Å². The summed E-state index contributed by atoms with van der Waals surface area (Å²) >= 11 is 5.50. The third-order valence-corrected chi connectivity index (χ3v) is 5.20. The van der Waals surface area contributed by atoms with Crippen molar-refractivity contribution in [3.63, 3.8) is 0 Å². The molecular formula is C19H13BrFIN2O4. The zero-order valence-corrected chi connectivity index (χ0v) is 18.2. The highest BCUT2D eigenvalue weighted by atomic mass is 127. The Balaban J connectivity index is 2.00. The van der Waals surface area contributed by atoms with Crippen LogP contribution in [-0.2, 0) is 9.59 Å². The molecule has 1 aliphatic rings.